The number of nitrogens with one attached hydrogen (secondary N) is 1. The maximum Gasteiger partial charge on any atom is 0.354 e. The summed E-state index contributed by atoms with van der Waals surface area (Å²) in [6.07, 6.45) is 1.56. The minimum atomic E-state index is -0.605. The Morgan fingerprint density at radius 1 is 0.968 bits per heavy atom. The molecule has 0 atom stereocenters. The van der Waals surface area contributed by atoms with Gasteiger partial charge in [-0.3, -0.25) is 4.79 Å². The highest BCUT2D eigenvalue weighted by Crippen LogP contribution is 2.28. The molecule has 0 fully saturated rings. The molecule has 7 heteroatoms. The third-order valence-corrected chi connectivity index (χ3v) is 4.76. The summed E-state index contributed by atoms with van der Waals surface area (Å²) >= 11 is 0. The second-order valence-electron chi connectivity index (χ2n) is 6.66. The van der Waals surface area contributed by atoms with Gasteiger partial charge in [0.05, 0.1) is 14.2 Å². The molecule has 0 saturated carbocycles. The maximum absolute atomic E-state index is 12.8. The van der Waals surface area contributed by atoms with Gasteiger partial charge >= 0.3 is 5.97 Å². The second kappa shape index (κ2) is 12.4. The predicted molar refractivity (Wildman–Crippen MR) is 120 cm³/mol. The number of rotatable bonds is 11. The largest absolute Gasteiger partial charge is 0.493 e. The fourth-order valence-electron chi connectivity index (χ4n) is 2.92. The van der Waals surface area contributed by atoms with Crippen LogP contribution in [0.15, 0.2) is 54.2 Å². The van der Waals surface area contributed by atoms with Gasteiger partial charge in [0.25, 0.3) is 5.91 Å². The lowest BCUT2D eigenvalue weighted by molar-refractivity contribution is -0.139. The molecule has 0 spiro atoms. The van der Waals surface area contributed by atoms with Gasteiger partial charge in [0.15, 0.2) is 11.5 Å². The van der Waals surface area contributed by atoms with E-state index in [4.69, 9.17) is 14.2 Å². The zero-order valence-electron chi connectivity index (χ0n) is 18.5. The summed E-state index contributed by atoms with van der Waals surface area (Å²) in [4.78, 5) is 27.6. The Morgan fingerprint density at radius 2 is 1.65 bits per heavy atom. The van der Waals surface area contributed by atoms with Crippen LogP contribution in [0.4, 0.5) is 0 Å². The number of amides is 1. The van der Waals surface area contributed by atoms with E-state index in [0.717, 1.165) is 13.1 Å². The molecular formula is C24H30N2O5. The Hall–Kier alpha value is -3.32. The first-order chi connectivity index (χ1) is 15.0. The van der Waals surface area contributed by atoms with Crippen molar-refractivity contribution in [3.63, 3.8) is 0 Å². The summed E-state index contributed by atoms with van der Waals surface area (Å²) in [5.41, 5.74) is 1.14. The van der Waals surface area contributed by atoms with E-state index in [9.17, 15) is 9.59 Å². The molecule has 0 saturated heterocycles. The van der Waals surface area contributed by atoms with Crippen molar-refractivity contribution >= 4 is 18.0 Å². The number of hydrogen-bond acceptors (Lipinski definition) is 6. The first-order valence-corrected chi connectivity index (χ1v) is 10.2. The zero-order valence-corrected chi connectivity index (χ0v) is 18.5. The first-order valence-electron chi connectivity index (χ1n) is 10.2. The van der Waals surface area contributed by atoms with Crippen molar-refractivity contribution in [3.05, 3.63) is 65.4 Å². The summed E-state index contributed by atoms with van der Waals surface area (Å²) in [6.45, 7) is 6.68. The molecule has 2 aromatic rings. The minimum Gasteiger partial charge on any atom is -0.493 e. The van der Waals surface area contributed by atoms with Crippen LogP contribution in [-0.2, 0) is 9.53 Å². The Labute approximate surface area is 183 Å². The Bertz CT molecular complexity index is 892. The molecule has 0 bridgehead atoms. The molecule has 0 radical (unpaired) electrons. The first kappa shape index (κ1) is 24.0. The van der Waals surface area contributed by atoms with Gasteiger partial charge in [-0.05, 0) is 49.0 Å². The van der Waals surface area contributed by atoms with E-state index in [1.54, 1.807) is 55.7 Å². The van der Waals surface area contributed by atoms with Crippen molar-refractivity contribution < 1.29 is 23.8 Å². The van der Waals surface area contributed by atoms with Gasteiger partial charge < -0.3 is 24.4 Å². The van der Waals surface area contributed by atoms with E-state index < -0.39 is 11.9 Å². The topological polar surface area (TPSA) is 77.1 Å². The number of likely N-dealkylation sites (N-methyl/N-ethyl adjacent to an activating group) is 1. The smallest absolute Gasteiger partial charge is 0.354 e. The Kier molecular flexibility index (Phi) is 9.58. The van der Waals surface area contributed by atoms with Crippen LogP contribution in [0.3, 0.4) is 0 Å². The van der Waals surface area contributed by atoms with E-state index in [1.165, 1.54) is 7.11 Å². The van der Waals surface area contributed by atoms with E-state index in [1.807, 2.05) is 19.9 Å². The lowest BCUT2D eigenvalue weighted by Crippen LogP contribution is -2.31. The van der Waals surface area contributed by atoms with Crippen LogP contribution in [0.25, 0.3) is 6.08 Å². The molecule has 166 valence electrons. The van der Waals surface area contributed by atoms with Crippen molar-refractivity contribution in [2.24, 2.45) is 0 Å². The number of carbonyl (C=O) groups is 2. The van der Waals surface area contributed by atoms with Crippen LogP contribution in [-0.4, -0.2) is 57.2 Å². The van der Waals surface area contributed by atoms with Gasteiger partial charge in [-0.2, -0.15) is 0 Å². The number of nitrogens with zero attached hydrogens (tertiary/aromatic N) is 1. The van der Waals surface area contributed by atoms with Gasteiger partial charge in [0, 0.05) is 12.1 Å². The standard InChI is InChI=1S/C24H30N2O5/c1-5-26(6-2)14-15-31-24(28)20(25-23(27)19-10-8-7-9-11-19)16-18-12-13-21(29-3)22(17-18)30-4/h7-13,16-17H,5-6,14-15H2,1-4H3,(H,25,27)/b20-16+. The SMILES string of the molecule is CCN(CC)CCOC(=O)/C(=C\c1ccc(OC)c(OC)c1)NC(=O)c1ccccc1. The van der Waals surface area contributed by atoms with E-state index in [2.05, 4.69) is 10.2 Å². The third-order valence-electron chi connectivity index (χ3n) is 4.76. The van der Waals surface area contributed by atoms with E-state index in [-0.39, 0.29) is 12.3 Å². The van der Waals surface area contributed by atoms with Crippen molar-refractivity contribution in [2.45, 2.75) is 13.8 Å². The van der Waals surface area contributed by atoms with Gasteiger partial charge in [-0.25, -0.2) is 4.79 Å². The van der Waals surface area contributed by atoms with Gasteiger partial charge in [-0.15, -0.1) is 0 Å². The number of esters is 1. The number of benzene rings is 2. The van der Waals surface area contributed by atoms with E-state index in [0.29, 0.717) is 29.2 Å². The molecule has 0 unspecified atom stereocenters. The van der Waals surface area contributed by atoms with Crippen LogP contribution in [0, 0.1) is 0 Å². The van der Waals surface area contributed by atoms with Crippen LogP contribution >= 0.6 is 0 Å². The fourth-order valence-corrected chi connectivity index (χ4v) is 2.92. The summed E-state index contributed by atoms with van der Waals surface area (Å²) in [5.74, 6) is 0.0791. The highest BCUT2D eigenvalue weighted by molar-refractivity contribution is 6.03. The van der Waals surface area contributed by atoms with E-state index >= 15 is 0 Å². The number of hydrogen-bond donors (Lipinski definition) is 1. The molecule has 2 aromatic carbocycles. The molecule has 0 aliphatic carbocycles. The number of methoxy groups -OCH3 is 2. The number of carbonyl (C=O) groups excluding carboxylic acids is 2. The molecule has 31 heavy (non-hydrogen) atoms. The minimum absolute atomic E-state index is 0.0422. The highest BCUT2D eigenvalue weighted by atomic mass is 16.5. The summed E-state index contributed by atoms with van der Waals surface area (Å²) in [7, 11) is 3.08. The highest BCUT2D eigenvalue weighted by Gasteiger charge is 2.17. The molecule has 7 nitrogen and oxygen atoms in total. The lowest BCUT2D eigenvalue weighted by atomic mass is 10.1. The van der Waals surface area contributed by atoms with Crippen molar-refractivity contribution in [2.75, 3.05) is 40.5 Å². The van der Waals surface area contributed by atoms with Crippen molar-refractivity contribution in [1.82, 2.24) is 10.2 Å². The lowest BCUT2D eigenvalue weighted by Gasteiger charge is -2.18. The fraction of sp³-hybridized carbons (Fsp3) is 0.333. The summed E-state index contributed by atoms with van der Waals surface area (Å²) in [6, 6.07) is 13.9. The second-order valence-corrected chi connectivity index (χ2v) is 6.66. The van der Waals surface area contributed by atoms with Crippen molar-refractivity contribution in [3.8, 4) is 11.5 Å². The van der Waals surface area contributed by atoms with Crippen molar-refractivity contribution in [1.29, 1.82) is 0 Å². The molecule has 0 aliphatic heterocycles. The molecule has 1 amide bonds. The molecule has 2 rings (SSSR count). The molecule has 1 N–H and O–H groups in total. The normalized spacial score (nSPS) is 11.2. The maximum atomic E-state index is 12.8. The van der Waals surface area contributed by atoms with Crippen LogP contribution in [0.2, 0.25) is 0 Å². The predicted octanol–water partition coefficient (Wildman–Crippen LogP) is 3.36. The van der Waals surface area contributed by atoms with Gasteiger partial charge in [0.1, 0.15) is 12.3 Å². The summed E-state index contributed by atoms with van der Waals surface area (Å²) < 4.78 is 16.0. The number of ether oxygens (including phenoxy) is 3. The van der Waals surface area contributed by atoms with Gasteiger partial charge in [-0.1, -0.05) is 38.1 Å². The Balaban J connectivity index is 2.25. The average molecular weight is 427 g/mol. The quantitative estimate of drug-likeness (QED) is 0.439. The van der Waals surface area contributed by atoms with Crippen LogP contribution < -0.4 is 14.8 Å². The van der Waals surface area contributed by atoms with Crippen LogP contribution in [0.1, 0.15) is 29.8 Å². The molecule has 0 aromatic heterocycles. The average Bonchev–Trinajstić information content (AvgIpc) is 2.81. The molecular weight excluding hydrogens is 396 g/mol. The van der Waals surface area contributed by atoms with Gasteiger partial charge in [0.2, 0.25) is 0 Å². The summed E-state index contributed by atoms with van der Waals surface area (Å²) in [5, 5.41) is 2.68. The third kappa shape index (κ3) is 7.15. The van der Waals surface area contributed by atoms with Crippen LogP contribution in [0.5, 0.6) is 11.5 Å². The molecule has 0 aliphatic rings. The zero-order chi connectivity index (χ0) is 22.6. The molecule has 0 heterocycles. The monoisotopic (exact) mass is 426 g/mol. The Morgan fingerprint density at radius 3 is 2.26 bits per heavy atom.